The van der Waals surface area contributed by atoms with Crippen LogP contribution >= 0.6 is 11.3 Å². The number of aryl methyl sites for hydroxylation is 2. The van der Waals surface area contributed by atoms with Crippen LogP contribution in [0.25, 0.3) is 0 Å². The molecule has 0 fully saturated rings. The molecule has 0 aliphatic rings. The van der Waals surface area contributed by atoms with E-state index in [9.17, 15) is 18.3 Å². The van der Waals surface area contributed by atoms with Crippen LogP contribution in [0.4, 0.5) is 5.69 Å². The van der Waals surface area contributed by atoms with Crippen LogP contribution in [0.1, 0.15) is 46.4 Å². The SMILES string of the molecule is Cc1ccc(S(=O)(=O)Nc2cc(C(C)(C)C)sc2C(=O)O)c(C)c1. The molecule has 0 saturated carbocycles. The highest BCUT2D eigenvalue weighted by Crippen LogP contribution is 2.36. The van der Waals surface area contributed by atoms with Gasteiger partial charge in [-0.05, 0) is 37.0 Å². The maximum absolute atomic E-state index is 12.7. The molecule has 0 aliphatic heterocycles. The number of aromatic carboxylic acids is 1. The molecule has 7 heteroatoms. The summed E-state index contributed by atoms with van der Waals surface area (Å²) < 4.78 is 27.8. The maximum atomic E-state index is 12.7. The summed E-state index contributed by atoms with van der Waals surface area (Å²) in [4.78, 5) is 12.4. The Hall–Kier alpha value is -1.86. The minimum absolute atomic E-state index is 0.00624. The fourth-order valence-corrected chi connectivity index (χ4v) is 4.66. The van der Waals surface area contributed by atoms with Crippen molar-refractivity contribution in [2.75, 3.05) is 4.72 Å². The third-order valence-electron chi connectivity index (χ3n) is 3.53. The second-order valence-corrected chi connectivity index (χ2v) is 9.49. The molecule has 2 rings (SSSR count). The first-order chi connectivity index (χ1) is 10.9. The van der Waals surface area contributed by atoms with Gasteiger partial charge in [0.05, 0.1) is 10.6 Å². The van der Waals surface area contributed by atoms with Crippen molar-refractivity contribution in [3.05, 3.63) is 45.1 Å². The highest BCUT2D eigenvalue weighted by Gasteiger charge is 2.26. The lowest BCUT2D eigenvalue weighted by Gasteiger charge is -2.15. The Labute approximate surface area is 146 Å². The first-order valence-corrected chi connectivity index (χ1v) is 9.69. The van der Waals surface area contributed by atoms with E-state index in [1.807, 2.05) is 27.7 Å². The Morgan fingerprint density at radius 3 is 2.29 bits per heavy atom. The number of thiophene rings is 1. The van der Waals surface area contributed by atoms with E-state index < -0.39 is 16.0 Å². The minimum Gasteiger partial charge on any atom is -0.477 e. The highest BCUT2D eigenvalue weighted by atomic mass is 32.2. The van der Waals surface area contributed by atoms with Crippen molar-refractivity contribution >= 4 is 33.0 Å². The fraction of sp³-hybridized carbons (Fsp3) is 0.353. The summed E-state index contributed by atoms with van der Waals surface area (Å²) in [5.74, 6) is -1.14. The highest BCUT2D eigenvalue weighted by molar-refractivity contribution is 7.92. The molecule has 1 heterocycles. The van der Waals surface area contributed by atoms with Crippen molar-refractivity contribution in [1.29, 1.82) is 0 Å². The smallest absolute Gasteiger partial charge is 0.348 e. The number of hydrogen-bond acceptors (Lipinski definition) is 4. The topological polar surface area (TPSA) is 83.5 Å². The van der Waals surface area contributed by atoms with E-state index in [1.165, 1.54) is 6.07 Å². The Morgan fingerprint density at radius 2 is 1.79 bits per heavy atom. The molecule has 0 saturated heterocycles. The van der Waals surface area contributed by atoms with Crippen molar-refractivity contribution in [1.82, 2.24) is 0 Å². The van der Waals surface area contributed by atoms with Gasteiger partial charge in [0.15, 0.2) is 0 Å². The van der Waals surface area contributed by atoms with Gasteiger partial charge in [0.25, 0.3) is 10.0 Å². The summed E-state index contributed by atoms with van der Waals surface area (Å²) in [6, 6.07) is 6.63. The lowest BCUT2D eigenvalue weighted by Crippen LogP contribution is -2.15. The monoisotopic (exact) mass is 367 g/mol. The molecule has 1 aromatic heterocycles. The largest absolute Gasteiger partial charge is 0.477 e. The molecule has 1 aromatic carbocycles. The predicted octanol–water partition coefficient (Wildman–Crippen LogP) is 4.16. The number of carboxylic acid groups (broad SMARTS) is 1. The molecule has 0 amide bonds. The van der Waals surface area contributed by atoms with Crippen LogP contribution in [0.15, 0.2) is 29.2 Å². The minimum atomic E-state index is -3.86. The molecular weight excluding hydrogens is 346 g/mol. The molecule has 0 radical (unpaired) electrons. The summed E-state index contributed by atoms with van der Waals surface area (Å²) in [7, 11) is -3.86. The van der Waals surface area contributed by atoms with E-state index >= 15 is 0 Å². The zero-order valence-electron chi connectivity index (χ0n) is 14.3. The van der Waals surface area contributed by atoms with Gasteiger partial charge in [0, 0.05) is 4.88 Å². The Bertz CT molecular complexity index is 890. The van der Waals surface area contributed by atoms with Gasteiger partial charge in [-0.2, -0.15) is 0 Å². The summed E-state index contributed by atoms with van der Waals surface area (Å²) in [6.07, 6.45) is 0. The van der Waals surface area contributed by atoms with E-state index in [0.29, 0.717) is 5.56 Å². The average molecular weight is 367 g/mol. The average Bonchev–Trinajstić information content (AvgIpc) is 2.81. The van der Waals surface area contributed by atoms with Crippen LogP contribution in [0.5, 0.6) is 0 Å². The first-order valence-electron chi connectivity index (χ1n) is 7.39. The van der Waals surface area contributed by atoms with Crippen LogP contribution < -0.4 is 4.72 Å². The van der Waals surface area contributed by atoms with Gasteiger partial charge in [-0.25, -0.2) is 13.2 Å². The maximum Gasteiger partial charge on any atom is 0.348 e. The summed E-state index contributed by atoms with van der Waals surface area (Å²) in [5.41, 5.74) is 1.42. The standard InChI is InChI=1S/C17H21NO4S2/c1-10-6-7-13(11(2)8-10)24(21,22)18-12-9-14(17(3,4)5)23-15(12)16(19)20/h6-9,18H,1-5H3,(H,19,20). The predicted molar refractivity (Wildman–Crippen MR) is 96.7 cm³/mol. The second kappa shape index (κ2) is 6.22. The van der Waals surface area contributed by atoms with E-state index in [-0.39, 0.29) is 20.9 Å². The molecule has 2 N–H and O–H groups in total. The molecule has 0 spiro atoms. The Morgan fingerprint density at radius 1 is 1.17 bits per heavy atom. The Balaban J connectivity index is 2.50. The van der Waals surface area contributed by atoms with E-state index in [1.54, 1.807) is 25.1 Å². The van der Waals surface area contributed by atoms with Crippen molar-refractivity contribution in [3.8, 4) is 0 Å². The van der Waals surface area contributed by atoms with Crippen LogP contribution in [-0.2, 0) is 15.4 Å². The number of nitrogens with one attached hydrogen (secondary N) is 1. The third-order valence-corrected chi connectivity index (χ3v) is 6.60. The Kier molecular flexibility index (Phi) is 4.79. The normalized spacial score (nSPS) is 12.2. The van der Waals surface area contributed by atoms with Crippen molar-refractivity contribution in [3.63, 3.8) is 0 Å². The van der Waals surface area contributed by atoms with Gasteiger partial charge in [-0.3, -0.25) is 4.72 Å². The lowest BCUT2D eigenvalue weighted by molar-refractivity contribution is 0.0703. The van der Waals surface area contributed by atoms with E-state index in [4.69, 9.17) is 0 Å². The van der Waals surface area contributed by atoms with Crippen LogP contribution in [-0.4, -0.2) is 19.5 Å². The van der Waals surface area contributed by atoms with Crippen molar-refractivity contribution in [2.45, 2.75) is 44.9 Å². The third kappa shape index (κ3) is 3.79. The van der Waals surface area contributed by atoms with Crippen LogP contribution in [0.2, 0.25) is 0 Å². The van der Waals surface area contributed by atoms with Crippen molar-refractivity contribution < 1.29 is 18.3 Å². The summed E-state index contributed by atoms with van der Waals surface area (Å²) in [6.45, 7) is 9.45. The van der Waals surface area contributed by atoms with E-state index in [2.05, 4.69) is 4.72 Å². The van der Waals surface area contributed by atoms with E-state index in [0.717, 1.165) is 21.8 Å². The fourth-order valence-electron chi connectivity index (χ4n) is 2.30. The molecular formula is C17H21NO4S2. The molecule has 130 valence electrons. The van der Waals surface area contributed by atoms with Gasteiger partial charge in [-0.1, -0.05) is 38.5 Å². The number of carboxylic acids is 1. The molecule has 0 bridgehead atoms. The van der Waals surface area contributed by atoms with Gasteiger partial charge in [0.1, 0.15) is 4.88 Å². The molecule has 0 unspecified atom stereocenters. The number of hydrogen-bond donors (Lipinski definition) is 2. The molecule has 5 nitrogen and oxygen atoms in total. The molecule has 24 heavy (non-hydrogen) atoms. The van der Waals surface area contributed by atoms with Gasteiger partial charge in [0.2, 0.25) is 0 Å². The summed E-state index contributed by atoms with van der Waals surface area (Å²) in [5, 5.41) is 9.38. The molecule has 0 atom stereocenters. The second-order valence-electron chi connectivity index (χ2n) is 6.78. The number of benzene rings is 1. The van der Waals surface area contributed by atoms with Crippen molar-refractivity contribution in [2.24, 2.45) is 0 Å². The quantitative estimate of drug-likeness (QED) is 0.850. The number of sulfonamides is 1. The van der Waals surface area contributed by atoms with Gasteiger partial charge in [-0.15, -0.1) is 11.3 Å². The molecule has 0 aliphatic carbocycles. The zero-order chi connectivity index (χ0) is 18.3. The first kappa shape index (κ1) is 18.5. The molecule has 2 aromatic rings. The zero-order valence-corrected chi connectivity index (χ0v) is 15.9. The number of carbonyl (C=O) groups is 1. The summed E-state index contributed by atoms with van der Waals surface area (Å²) >= 11 is 1.09. The van der Waals surface area contributed by atoms with Crippen LogP contribution in [0.3, 0.4) is 0 Å². The number of rotatable bonds is 4. The van der Waals surface area contributed by atoms with Gasteiger partial charge < -0.3 is 5.11 Å². The number of anilines is 1. The van der Waals surface area contributed by atoms with Crippen LogP contribution in [0, 0.1) is 13.8 Å². The lowest BCUT2D eigenvalue weighted by atomic mass is 9.95. The van der Waals surface area contributed by atoms with Gasteiger partial charge >= 0.3 is 5.97 Å².